The molecule has 0 aliphatic carbocycles. The Kier molecular flexibility index (Phi) is 5.49. The molecule has 0 atom stereocenters. The van der Waals surface area contributed by atoms with Gasteiger partial charge in [0.25, 0.3) is 17.5 Å². The van der Waals surface area contributed by atoms with Crippen molar-refractivity contribution in [2.45, 2.75) is 6.92 Å². The largest absolute Gasteiger partial charge is 0.497 e. The highest BCUT2D eigenvalue weighted by Gasteiger charge is 2.37. The van der Waals surface area contributed by atoms with E-state index in [9.17, 15) is 24.5 Å². The number of nitro benzene ring substituents is 1. The molecule has 33 heavy (non-hydrogen) atoms. The number of nitrogens with zero attached hydrogens (tertiary/aromatic N) is 2. The van der Waals surface area contributed by atoms with Crippen LogP contribution in [0.2, 0.25) is 0 Å². The number of barbiturate groups is 1. The van der Waals surface area contributed by atoms with Crippen LogP contribution in [0, 0.1) is 17.0 Å². The van der Waals surface area contributed by atoms with Gasteiger partial charge in [0.05, 0.1) is 29.4 Å². The van der Waals surface area contributed by atoms with Crippen LogP contribution in [0.3, 0.4) is 0 Å². The lowest BCUT2D eigenvalue weighted by atomic mass is 10.1. The van der Waals surface area contributed by atoms with Gasteiger partial charge in [-0.3, -0.25) is 25.0 Å². The highest BCUT2D eigenvalue weighted by molar-refractivity contribution is 6.39. The molecule has 166 valence electrons. The fourth-order valence-electron chi connectivity index (χ4n) is 3.30. The van der Waals surface area contributed by atoms with Gasteiger partial charge in [0.15, 0.2) is 0 Å². The van der Waals surface area contributed by atoms with Gasteiger partial charge in [-0.25, -0.2) is 9.69 Å². The highest BCUT2D eigenvalue weighted by atomic mass is 16.6. The van der Waals surface area contributed by atoms with Crippen LogP contribution in [0.25, 0.3) is 17.4 Å². The van der Waals surface area contributed by atoms with E-state index in [1.165, 1.54) is 37.5 Å². The lowest BCUT2D eigenvalue weighted by molar-refractivity contribution is -0.384. The molecule has 4 rings (SSSR count). The summed E-state index contributed by atoms with van der Waals surface area (Å²) >= 11 is 0. The van der Waals surface area contributed by atoms with Gasteiger partial charge in [0, 0.05) is 0 Å². The maximum Gasteiger partial charge on any atom is 0.335 e. The number of urea groups is 1. The van der Waals surface area contributed by atoms with Crippen molar-refractivity contribution >= 4 is 35.3 Å². The van der Waals surface area contributed by atoms with Crippen molar-refractivity contribution in [3.8, 4) is 17.1 Å². The van der Waals surface area contributed by atoms with Crippen molar-refractivity contribution in [2.24, 2.45) is 0 Å². The summed E-state index contributed by atoms with van der Waals surface area (Å²) < 4.78 is 10.7. The van der Waals surface area contributed by atoms with Crippen molar-refractivity contribution in [2.75, 3.05) is 12.0 Å². The van der Waals surface area contributed by atoms with Crippen molar-refractivity contribution in [3.63, 3.8) is 0 Å². The zero-order valence-corrected chi connectivity index (χ0v) is 17.5. The first-order chi connectivity index (χ1) is 15.8. The van der Waals surface area contributed by atoms with Crippen LogP contribution < -0.4 is 15.0 Å². The molecule has 0 spiro atoms. The van der Waals surface area contributed by atoms with Crippen molar-refractivity contribution < 1.29 is 28.5 Å². The van der Waals surface area contributed by atoms with Crippen LogP contribution in [0.5, 0.6) is 5.75 Å². The van der Waals surface area contributed by atoms with Gasteiger partial charge in [0.2, 0.25) is 0 Å². The smallest absolute Gasteiger partial charge is 0.335 e. The third-order valence-electron chi connectivity index (χ3n) is 4.97. The predicted octanol–water partition coefficient (Wildman–Crippen LogP) is 3.84. The van der Waals surface area contributed by atoms with Crippen LogP contribution in [-0.2, 0) is 9.59 Å². The van der Waals surface area contributed by atoms with Crippen molar-refractivity contribution in [1.82, 2.24) is 5.32 Å². The third kappa shape index (κ3) is 4.09. The zero-order valence-electron chi connectivity index (χ0n) is 17.5. The maximum absolute atomic E-state index is 13.0. The number of amides is 4. The van der Waals surface area contributed by atoms with Gasteiger partial charge in [0.1, 0.15) is 22.8 Å². The molecule has 2 aromatic carbocycles. The molecule has 1 N–H and O–H groups in total. The molecule has 1 aromatic heterocycles. The number of anilines is 1. The summed E-state index contributed by atoms with van der Waals surface area (Å²) in [5, 5.41) is 13.6. The molecule has 0 saturated carbocycles. The van der Waals surface area contributed by atoms with Crippen molar-refractivity contribution in [1.29, 1.82) is 0 Å². The second-order valence-electron chi connectivity index (χ2n) is 7.14. The van der Waals surface area contributed by atoms with Crippen LogP contribution in [-0.4, -0.2) is 29.9 Å². The molecule has 2 heterocycles. The molecule has 1 fully saturated rings. The van der Waals surface area contributed by atoms with E-state index in [1.807, 2.05) is 6.92 Å². The molecule has 10 nitrogen and oxygen atoms in total. The second-order valence-corrected chi connectivity index (χ2v) is 7.14. The minimum atomic E-state index is -0.873. The van der Waals surface area contributed by atoms with E-state index in [-0.39, 0.29) is 28.3 Å². The number of benzene rings is 2. The number of carbonyl (C=O) groups is 3. The topological polar surface area (TPSA) is 132 Å². The Hall–Kier alpha value is -4.73. The summed E-state index contributed by atoms with van der Waals surface area (Å²) in [6, 6.07) is 13.0. The molecule has 0 bridgehead atoms. The number of rotatable bonds is 5. The van der Waals surface area contributed by atoms with Gasteiger partial charge in [-0.15, -0.1) is 0 Å². The first-order valence-corrected chi connectivity index (χ1v) is 9.69. The molecule has 0 radical (unpaired) electrons. The zero-order chi connectivity index (χ0) is 23.7. The standard InChI is InChI=1S/C23H17N3O7/c1-13-3-5-14(6-4-13)25-22(28)18(21(27)24-23(25)29)11-16-8-10-20(33-16)17-9-7-15(32-2)12-19(17)26(30)31/h3-12H,1-2H3,(H,24,27,29). The molecule has 1 aliphatic rings. The highest BCUT2D eigenvalue weighted by Crippen LogP contribution is 2.34. The van der Waals surface area contributed by atoms with Gasteiger partial charge in [-0.2, -0.15) is 0 Å². The lowest BCUT2D eigenvalue weighted by Crippen LogP contribution is -2.54. The van der Waals surface area contributed by atoms with Crippen LogP contribution in [0.15, 0.2) is 64.6 Å². The van der Waals surface area contributed by atoms with E-state index in [0.717, 1.165) is 10.5 Å². The average molecular weight is 447 g/mol. The number of ether oxygens (including phenoxy) is 1. The SMILES string of the molecule is COc1ccc(-c2ccc(C=C3C(=O)NC(=O)N(c4ccc(C)cc4)C3=O)o2)c([N+](=O)[O-])c1. The lowest BCUT2D eigenvalue weighted by Gasteiger charge is -2.26. The number of carbonyl (C=O) groups excluding carboxylic acids is 3. The minimum Gasteiger partial charge on any atom is -0.497 e. The Morgan fingerprint density at radius 1 is 1.06 bits per heavy atom. The van der Waals surface area contributed by atoms with Gasteiger partial charge in [-0.05, 0) is 49.4 Å². The van der Waals surface area contributed by atoms with Crippen LogP contribution in [0.1, 0.15) is 11.3 Å². The Balaban J connectivity index is 1.69. The number of furan rings is 1. The fourth-order valence-corrected chi connectivity index (χ4v) is 3.30. The Bertz CT molecular complexity index is 1320. The second kappa shape index (κ2) is 8.42. The molecule has 3 aromatic rings. The van der Waals surface area contributed by atoms with Crippen LogP contribution in [0.4, 0.5) is 16.2 Å². The van der Waals surface area contributed by atoms with E-state index in [4.69, 9.17) is 9.15 Å². The molecule has 1 saturated heterocycles. The van der Waals surface area contributed by atoms with Gasteiger partial charge in [-0.1, -0.05) is 17.7 Å². The fraction of sp³-hybridized carbons (Fsp3) is 0.0870. The first-order valence-electron chi connectivity index (χ1n) is 9.69. The molecular formula is C23H17N3O7. The summed E-state index contributed by atoms with van der Waals surface area (Å²) in [7, 11) is 1.40. The Morgan fingerprint density at radius 2 is 1.79 bits per heavy atom. The Morgan fingerprint density at radius 3 is 2.45 bits per heavy atom. The summed E-state index contributed by atoms with van der Waals surface area (Å²) in [6.45, 7) is 1.86. The number of hydrogen-bond acceptors (Lipinski definition) is 7. The number of methoxy groups -OCH3 is 1. The van der Waals surface area contributed by atoms with E-state index in [2.05, 4.69) is 5.32 Å². The minimum absolute atomic E-state index is 0.104. The monoisotopic (exact) mass is 447 g/mol. The predicted molar refractivity (Wildman–Crippen MR) is 118 cm³/mol. The Labute approximate surface area is 187 Å². The van der Waals surface area contributed by atoms with E-state index >= 15 is 0 Å². The summed E-state index contributed by atoms with van der Waals surface area (Å²) in [4.78, 5) is 49.3. The molecule has 10 heteroatoms. The number of hydrogen-bond donors (Lipinski definition) is 1. The van der Waals surface area contributed by atoms with E-state index in [1.54, 1.807) is 30.3 Å². The molecule has 0 unspecified atom stereocenters. The number of imide groups is 2. The van der Waals surface area contributed by atoms with Gasteiger partial charge < -0.3 is 9.15 Å². The van der Waals surface area contributed by atoms with Crippen LogP contribution >= 0.6 is 0 Å². The molecule has 1 aliphatic heterocycles. The van der Waals surface area contributed by atoms with Gasteiger partial charge >= 0.3 is 6.03 Å². The number of aryl methyl sites for hydroxylation is 1. The number of nitrogens with one attached hydrogen (secondary N) is 1. The van der Waals surface area contributed by atoms with E-state index < -0.39 is 22.8 Å². The summed E-state index contributed by atoms with van der Waals surface area (Å²) in [5.74, 6) is -1.12. The molecular weight excluding hydrogens is 430 g/mol. The van der Waals surface area contributed by atoms with E-state index in [0.29, 0.717) is 11.4 Å². The third-order valence-corrected chi connectivity index (χ3v) is 4.97. The molecule has 4 amide bonds. The first kappa shape index (κ1) is 21.5. The summed E-state index contributed by atoms with van der Waals surface area (Å²) in [6.07, 6.45) is 1.18. The average Bonchev–Trinajstić information content (AvgIpc) is 3.26. The van der Waals surface area contributed by atoms with Crippen molar-refractivity contribution in [3.05, 3.63) is 81.6 Å². The summed E-state index contributed by atoms with van der Waals surface area (Å²) in [5.41, 5.74) is 0.883. The number of nitro groups is 1. The normalized spacial score (nSPS) is 15.0. The quantitative estimate of drug-likeness (QED) is 0.272. The maximum atomic E-state index is 13.0.